The second kappa shape index (κ2) is 6.99. The van der Waals surface area contributed by atoms with Gasteiger partial charge < -0.3 is 20.7 Å². The molecule has 0 aromatic heterocycles. The van der Waals surface area contributed by atoms with Gasteiger partial charge in [0, 0.05) is 12.6 Å². The standard InChI is InChI=1S/C14H23N3O2/c1-5-19-14(18)11-6-7-12(15)13(8-11)16-10(2)9-17(3)4/h6-8,10,16H,5,9,15H2,1-4H3. The predicted molar refractivity (Wildman–Crippen MR) is 78.4 cm³/mol. The smallest absolute Gasteiger partial charge is 0.338 e. The van der Waals surface area contributed by atoms with Crippen LogP contribution in [0.2, 0.25) is 0 Å². The van der Waals surface area contributed by atoms with E-state index in [1.165, 1.54) is 0 Å². The summed E-state index contributed by atoms with van der Waals surface area (Å²) in [6.45, 7) is 5.09. The molecule has 5 nitrogen and oxygen atoms in total. The van der Waals surface area contributed by atoms with Gasteiger partial charge in [-0.15, -0.1) is 0 Å². The van der Waals surface area contributed by atoms with Crippen LogP contribution >= 0.6 is 0 Å². The number of anilines is 2. The van der Waals surface area contributed by atoms with Crippen LogP contribution in [0.1, 0.15) is 24.2 Å². The van der Waals surface area contributed by atoms with E-state index < -0.39 is 0 Å². The summed E-state index contributed by atoms with van der Waals surface area (Å²) < 4.78 is 4.98. The molecule has 106 valence electrons. The first kappa shape index (κ1) is 15.3. The maximum absolute atomic E-state index is 11.7. The average molecular weight is 265 g/mol. The molecule has 5 heteroatoms. The van der Waals surface area contributed by atoms with E-state index in [1.54, 1.807) is 25.1 Å². The largest absolute Gasteiger partial charge is 0.462 e. The number of esters is 1. The molecule has 1 atom stereocenters. The number of nitrogens with zero attached hydrogens (tertiary/aromatic N) is 1. The average Bonchev–Trinajstić information content (AvgIpc) is 2.31. The number of ether oxygens (including phenoxy) is 1. The van der Waals surface area contributed by atoms with Crippen LogP contribution < -0.4 is 11.1 Å². The minimum absolute atomic E-state index is 0.231. The lowest BCUT2D eigenvalue weighted by molar-refractivity contribution is 0.0526. The van der Waals surface area contributed by atoms with Gasteiger partial charge in [-0.1, -0.05) is 0 Å². The highest BCUT2D eigenvalue weighted by Gasteiger charge is 2.11. The molecule has 0 bridgehead atoms. The second-order valence-corrected chi connectivity index (χ2v) is 4.83. The van der Waals surface area contributed by atoms with E-state index in [-0.39, 0.29) is 12.0 Å². The van der Waals surface area contributed by atoms with Gasteiger partial charge in [0.15, 0.2) is 0 Å². The number of benzene rings is 1. The molecule has 19 heavy (non-hydrogen) atoms. The van der Waals surface area contributed by atoms with Crippen LogP contribution in [0.4, 0.5) is 11.4 Å². The number of rotatable bonds is 6. The molecule has 0 spiro atoms. The van der Waals surface area contributed by atoms with E-state index in [0.29, 0.717) is 17.9 Å². The molecule has 0 amide bonds. The predicted octanol–water partition coefficient (Wildman–Crippen LogP) is 1.81. The van der Waals surface area contributed by atoms with Crippen molar-refractivity contribution in [1.82, 2.24) is 4.90 Å². The zero-order valence-electron chi connectivity index (χ0n) is 12.1. The third-order valence-corrected chi connectivity index (χ3v) is 2.61. The summed E-state index contributed by atoms with van der Waals surface area (Å²) in [6.07, 6.45) is 0. The topological polar surface area (TPSA) is 67.6 Å². The molecule has 3 N–H and O–H groups in total. The molecule has 0 aliphatic carbocycles. The first-order valence-electron chi connectivity index (χ1n) is 6.42. The fourth-order valence-electron chi connectivity index (χ4n) is 1.88. The van der Waals surface area contributed by atoms with Gasteiger partial charge in [0.05, 0.1) is 23.5 Å². The van der Waals surface area contributed by atoms with Crippen molar-refractivity contribution in [2.75, 3.05) is 38.3 Å². The van der Waals surface area contributed by atoms with Crippen molar-refractivity contribution in [2.45, 2.75) is 19.9 Å². The summed E-state index contributed by atoms with van der Waals surface area (Å²) in [4.78, 5) is 13.8. The van der Waals surface area contributed by atoms with Crippen LogP contribution in [-0.2, 0) is 4.74 Å². The Balaban J connectivity index is 2.82. The lowest BCUT2D eigenvalue weighted by Crippen LogP contribution is -2.30. The summed E-state index contributed by atoms with van der Waals surface area (Å²) in [7, 11) is 4.02. The Morgan fingerprint density at radius 1 is 1.47 bits per heavy atom. The van der Waals surface area contributed by atoms with Crippen LogP contribution in [0.15, 0.2) is 18.2 Å². The first-order valence-corrected chi connectivity index (χ1v) is 6.42. The highest BCUT2D eigenvalue weighted by Crippen LogP contribution is 2.21. The number of nitrogens with two attached hydrogens (primary N) is 1. The molecule has 0 saturated carbocycles. The lowest BCUT2D eigenvalue weighted by Gasteiger charge is -2.20. The van der Waals surface area contributed by atoms with Crippen molar-refractivity contribution in [1.29, 1.82) is 0 Å². The van der Waals surface area contributed by atoms with Crippen molar-refractivity contribution >= 4 is 17.3 Å². The van der Waals surface area contributed by atoms with E-state index in [4.69, 9.17) is 10.5 Å². The molecule has 0 radical (unpaired) electrons. The minimum Gasteiger partial charge on any atom is -0.462 e. The second-order valence-electron chi connectivity index (χ2n) is 4.83. The van der Waals surface area contributed by atoms with Crippen molar-refractivity contribution in [3.05, 3.63) is 23.8 Å². The molecule has 0 aliphatic heterocycles. The van der Waals surface area contributed by atoms with Gasteiger partial charge in [-0.05, 0) is 46.1 Å². The number of nitrogens with one attached hydrogen (secondary N) is 1. The molecule has 1 unspecified atom stereocenters. The third kappa shape index (κ3) is 4.79. The zero-order valence-corrected chi connectivity index (χ0v) is 12.1. The van der Waals surface area contributed by atoms with Gasteiger partial charge in [0.1, 0.15) is 0 Å². The summed E-state index contributed by atoms with van der Waals surface area (Å²) >= 11 is 0. The highest BCUT2D eigenvalue weighted by atomic mass is 16.5. The van der Waals surface area contributed by atoms with E-state index in [2.05, 4.69) is 17.1 Å². The Morgan fingerprint density at radius 2 is 2.16 bits per heavy atom. The minimum atomic E-state index is -0.328. The summed E-state index contributed by atoms with van der Waals surface area (Å²) in [6, 6.07) is 5.36. The quantitative estimate of drug-likeness (QED) is 0.606. The van der Waals surface area contributed by atoms with Crippen molar-refractivity contribution in [3.63, 3.8) is 0 Å². The van der Waals surface area contributed by atoms with E-state index in [9.17, 15) is 4.79 Å². The number of nitrogen functional groups attached to an aromatic ring is 1. The summed E-state index contributed by atoms with van der Waals surface area (Å²) in [5.41, 5.74) is 7.81. The Bertz CT molecular complexity index is 433. The summed E-state index contributed by atoms with van der Waals surface area (Å²) in [5.74, 6) is -0.328. The zero-order chi connectivity index (χ0) is 14.4. The van der Waals surface area contributed by atoms with Gasteiger partial charge in [0.2, 0.25) is 0 Å². The van der Waals surface area contributed by atoms with Gasteiger partial charge in [0.25, 0.3) is 0 Å². The molecule has 1 aromatic rings. The number of likely N-dealkylation sites (N-methyl/N-ethyl adjacent to an activating group) is 1. The normalized spacial score (nSPS) is 12.3. The molecule has 1 rings (SSSR count). The Morgan fingerprint density at radius 3 is 2.74 bits per heavy atom. The SMILES string of the molecule is CCOC(=O)c1ccc(N)c(NC(C)CN(C)C)c1. The van der Waals surface area contributed by atoms with Crippen LogP contribution in [0.5, 0.6) is 0 Å². The number of carbonyl (C=O) groups is 1. The van der Waals surface area contributed by atoms with E-state index >= 15 is 0 Å². The van der Waals surface area contributed by atoms with E-state index in [0.717, 1.165) is 12.2 Å². The maximum atomic E-state index is 11.7. The number of hydrogen-bond donors (Lipinski definition) is 2. The number of carbonyl (C=O) groups excluding carboxylic acids is 1. The molecule has 1 aromatic carbocycles. The van der Waals surface area contributed by atoms with E-state index in [1.807, 2.05) is 14.1 Å². The van der Waals surface area contributed by atoms with Crippen LogP contribution in [0.25, 0.3) is 0 Å². The maximum Gasteiger partial charge on any atom is 0.338 e. The van der Waals surface area contributed by atoms with Crippen molar-refractivity contribution in [3.8, 4) is 0 Å². The number of hydrogen-bond acceptors (Lipinski definition) is 5. The Hall–Kier alpha value is -1.75. The molecule has 0 fully saturated rings. The Kier molecular flexibility index (Phi) is 5.63. The van der Waals surface area contributed by atoms with Crippen LogP contribution in [-0.4, -0.2) is 44.2 Å². The van der Waals surface area contributed by atoms with Gasteiger partial charge in [-0.3, -0.25) is 0 Å². The summed E-state index contributed by atoms with van der Waals surface area (Å²) in [5, 5.41) is 3.30. The van der Waals surface area contributed by atoms with Crippen LogP contribution in [0.3, 0.4) is 0 Å². The van der Waals surface area contributed by atoms with Gasteiger partial charge >= 0.3 is 5.97 Å². The van der Waals surface area contributed by atoms with Crippen LogP contribution in [0, 0.1) is 0 Å². The van der Waals surface area contributed by atoms with Gasteiger partial charge in [-0.2, -0.15) is 0 Å². The van der Waals surface area contributed by atoms with Crippen molar-refractivity contribution < 1.29 is 9.53 Å². The highest BCUT2D eigenvalue weighted by molar-refractivity contribution is 5.92. The molecule has 0 saturated heterocycles. The lowest BCUT2D eigenvalue weighted by atomic mass is 10.1. The third-order valence-electron chi connectivity index (χ3n) is 2.61. The molecular weight excluding hydrogens is 242 g/mol. The fraction of sp³-hybridized carbons (Fsp3) is 0.500. The first-order chi connectivity index (χ1) is 8.93. The molecular formula is C14H23N3O2. The fourth-order valence-corrected chi connectivity index (χ4v) is 1.88. The molecule has 0 heterocycles. The molecule has 0 aliphatic rings. The monoisotopic (exact) mass is 265 g/mol. The van der Waals surface area contributed by atoms with Crippen molar-refractivity contribution in [2.24, 2.45) is 0 Å². The van der Waals surface area contributed by atoms with Gasteiger partial charge in [-0.25, -0.2) is 4.79 Å². The Labute approximate surface area is 114 Å².